The summed E-state index contributed by atoms with van der Waals surface area (Å²) in [7, 11) is 0. The van der Waals surface area contributed by atoms with Gasteiger partial charge in [-0.05, 0) is 67.7 Å². The van der Waals surface area contributed by atoms with Gasteiger partial charge in [-0.1, -0.05) is 49.2 Å². The van der Waals surface area contributed by atoms with Crippen LogP contribution in [0, 0.1) is 0 Å². The third kappa shape index (κ3) is 6.54. The van der Waals surface area contributed by atoms with Gasteiger partial charge in [0.2, 0.25) is 5.91 Å². The summed E-state index contributed by atoms with van der Waals surface area (Å²) >= 11 is 7.53. The molecule has 1 N–H and O–H groups in total. The molecule has 0 aromatic heterocycles. The van der Waals surface area contributed by atoms with Crippen LogP contribution < -0.4 is 5.32 Å². The standard InChI is InChI=1S/C23H29ClN2OS/c1-2-22(28-21-11-9-20(24)10-12-21)23(27)25-16-18-7-6-8-19(15-18)17-26-13-4-3-5-14-26/h6-12,15,22H,2-5,13-14,16-17H2,1H3,(H,25,27). The van der Waals surface area contributed by atoms with Gasteiger partial charge in [-0.2, -0.15) is 0 Å². The number of piperidine rings is 1. The zero-order valence-corrected chi connectivity index (χ0v) is 18.1. The molecule has 1 atom stereocenters. The first-order valence-electron chi connectivity index (χ1n) is 10.1. The molecule has 1 aliphatic heterocycles. The summed E-state index contributed by atoms with van der Waals surface area (Å²) < 4.78 is 0. The topological polar surface area (TPSA) is 32.3 Å². The van der Waals surface area contributed by atoms with Crippen molar-refractivity contribution in [3.63, 3.8) is 0 Å². The molecule has 0 bridgehead atoms. The number of carbonyl (C=O) groups excluding carboxylic acids is 1. The molecule has 1 heterocycles. The van der Waals surface area contributed by atoms with Crippen molar-refractivity contribution < 1.29 is 4.79 Å². The molecule has 5 heteroatoms. The van der Waals surface area contributed by atoms with Gasteiger partial charge in [0, 0.05) is 23.0 Å². The second kappa shape index (κ2) is 10.9. The van der Waals surface area contributed by atoms with Crippen LogP contribution in [0.2, 0.25) is 5.02 Å². The molecule has 2 aromatic carbocycles. The maximum absolute atomic E-state index is 12.7. The van der Waals surface area contributed by atoms with E-state index in [1.807, 2.05) is 31.2 Å². The highest BCUT2D eigenvalue weighted by Crippen LogP contribution is 2.27. The predicted octanol–water partition coefficient (Wildman–Crippen LogP) is 5.51. The fourth-order valence-corrected chi connectivity index (χ4v) is 4.62. The number of rotatable bonds is 8. The van der Waals surface area contributed by atoms with Crippen molar-refractivity contribution in [2.75, 3.05) is 13.1 Å². The first kappa shape index (κ1) is 21.2. The molecule has 150 valence electrons. The van der Waals surface area contributed by atoms with Crippen LogP contribution in [0.3, 0.4) is 0 Å². The SMILES string of the molecule is CCC(Sc1ccc(Cl)cc1)C(=O)NCc1cccc(CN2CCCCC2)c1. The van der Waals surface area contributed by atoms with Gasteiger partial charge in [-0.25, -0.2) is 0 Å². The highest BCUT2D eigenvalue weighted by molar-refractivity contribution is 8.00. The maximum atomic E-state index is 12.7. The molecular weight excluding hydrogens is 388 g/mol. The van der Waals surface area contributed by atoms with Gasteiger partial charge in [0.1, 0.15) is 0 Å². The Hall–Kier alpha value is -1.49. The van der Waals surface area contributed by atoms with Gasteiger partial charge in [0.15, 0.2) is 0 Å². The van der Waals surface area contributed by atoms with Crippen molar-refractivity contribution in [3.8, 4) is 0 Å². The van der Waals surface area contributed by atoms with Crippen molar-refractivity contribution in [2.45, 2.75) is 55.8 Å². The largest absolute Gasteiger partial charge is 0.351 e. The fourth-order valence-electron chi connectivity index (χ4n) is 3.52. The van der Waals surface area contributed by atoms with E-state index in [1.165, 1.54) is 37.9 Å². The maximum Gasteiger partial charge on any atom is 0.233 e. The lowest BCUT2D eigenvalue weighted by molar-refractivity contribution is -0.120. The average Bonchev–Trinajstić information content (AvgIpc) is 2.72. The molecule has 0 saturated carbocycles. The third-order valence-corrected chi connectivity index (χ3v) is 6.70. The lowest BCUT2D eigenvalue weighted by atomic mass is 10.1. The molecule has 0 radical (unpaired) electrons. The number of thioether (sulfide) groups is 1. The minimum atomic E-state index is -0.0993. The number of benzene rings is 2. The summed E-state index contributed by atoms with van der Waals surface area (Å²) in [6.07, 6.45) is 4.75. The number of nitrogens with one attached hydrogen (secondary N) is 1. The first-order chi connectivity index (χ1) is 13.6. The van der Waals surface area contributed by atoms with E-state index >= 15 is 0 Å². The van der Waals surface area contributed by atoms with Gasteiger partial charge >= 0.3 is 0 Å². The molecule has 3 rings (SSSR count). The number of nitrogens with zero attached hydrogens (tertiary/aromatic N) is 1. The molecule has 3 nitrogen and oxygen atoms in total. The Kier molecular flexibility index (Phi) is 8.26. The number of halogens is 1. The lowest BCUT2D eigenvalue weighted by Gasteiger charge is -2.26. The van der Waals surface area contributed by atoms with Crippen LogP contribution in [-0.2, 0) is 17.9 Å². The van der Waals surface area contributed by atoms with Gasteiger partial charge in [-0.15, -0.1) is 11.8 Å². The summed E-state index contributed by atoms with van der Waals surface area (Å²) in [6.45, 7) is 6.02. The Morgan fingerprint density at radius 1 is 1.11 bits per heavy atom. The fraction of sp³-hybridized carbons (Fsp3) is 0.435. The molecule has 1 unspecified atom stereocenters. The first-order valence-corrected chi connectivity index (χ1v) is 11.4. The highest BCUT2D eigenvalue weighted by Gasteiger charge is 2.18. The van der Waals surface area contributed by atoms with E-state index in [1.54, 1.807) is 11.8 Å². The van der Waals surface area contributed by atoms with Crippen molar-refractivity contribution in [2.24, 2.45) is 0 Å². The zero-order valence-electron chi connectivity index (χ0n) is 16.5. The van der Waals surface area contributed by atoms with Crippen LogP contribution in [0.25, 0.3) is 0 Å². The van der Waals surface area contributed by atoms with E-state index < -0.39 is 0 Å². The molecule has 0 spiro atoms. The van der Waals surface area contributed by atoms with E-state index in [2.05, 4.69) is 34.5 Å². The summed E-state index contributed by atoms with van der Waals surface area (Å²) in [4.78, 5) is 16.2. The van der Waals surface area contributed by atoms with Crippen molar-refractivity contribution in [1.82, 2.24) is 10.2 Å². The van der Waals surface area contributed by atoms with E-state index in [-0.39, 0.29) is 11.2 Å². The van der Waals surface area contributed by atoms with Gasteiger partial charge in [0.05, 0.1) is 5.25 Å². The normalized spacial score (nSPS) is 15.9. The Balaban J connectivity index is 1.52. The number of amides is 1. The van der Waals surface area contributed by atoms with E-state index in [0.29, 0.717) is 11.6 Å². The molecule has 1 fully saturated rings. The van der Waals surface area contributed by atoms with Crippen LogP contribution in [0.4, 0.5) is 0 Å². The van der Waals surface area contributed by atoms with Crippen LogP contribution in [0.5, 0.6) is 0 Å². The minimum Gasteiger partial charge on any atom is -0.351 e. The Morgan fingerprint density at radius 3 is 2.54 bits per heavy atom. The minimum absolute atomic E-state index is 0.0869. The summed E-state index contributed by atoms with van der Waals surface area (Å²) in [5, 5.41) is 3.73. The van der Waals surface area contributed by atoms with Crippen LogP contribution in [0.15, 0.2) is 53.4 Å². The Morgan fingerprint density at radius 2 is 1.82 bits per heavy atom. The number of carbonyl (C=O) groups is 1. The van der Waals surface area contributed by atoms with Gasteiger partial charge in [-0.3, -0.25) is 9.69 Å². The van der Waals surface area contributed by atoms with Crippen LogP contribution in [0.1, 0.15) is 43.7 Å². The molecule has 28 heavy (non-hydrogen) atoms. The number of hydrogen-bond acceptors (Lipinski definition) is 3. The summed E-state index contributed by atoms with van der Waals surface area (Å²) in [5.41, 5.74) is 2.49. The molecule has 1 saturated heterocycles. The van der Waals surface area contributed by atoms with Crippen LogP contribution in [-0.4, -0.2) is 29.1 Å². The van der Waals surface area contributed by atoms with Gasteiger partial charge < -0.3 is 5.32 Å². The Bertz CT molecular complexity index is 759. The molecular formula is C23H29ClN2OS. The number of hydrogen-bond donors (Lipinski definition) is 1. The highest BCUT2D eigenvalue weighted by atomic mass is 35.5. The summed E-state index contributed by atoms with van der Waals surface area (Å²) in [6, 6.07) is 16.3. The van der Waals surface area contributed by atoms with Crippen molar-refractivity contribution in [3.05, 3.63) is 64.7 Å². The van der Waals surface area contributed by atoms with E-state index in [0.717, 1.165) is 23.4 Å². The second-order valence-electron chi connectivity index (χ2n) is 7.34. The second-order valence-corrected chi connectivity index (χ2v) is 9.06. The van der Waals surface area contributed by atoms with E-state index in [9.17, 15) is 4.79 Å². The zero-order chi connectivity index (χ0) is 19.8. The van der Waals surface area contributed by atoms with E-state index in [4.69, 9.17) is 11.6 Å². The van der Waals surface area contributed by atoms with Gasteiger partial charge in [0.25, 0.3) is 0 Å². The molecule has 1 aliphatic rings. The molecule has 2 aromatic rings. The Labute approximate surface area is 177 Å². The molecule has 0 aliphatic carbocycles. The lowest BCUT2D eigenvalue weighted by Crippen LogP contribution is -2.32. The predicted molar refractivity (Wildman–Crippen MR) is 119 cm³/mol. The number of likely N-dealkylation sites (tertiary alicyclic amines) is 1. The summed E-state index contributed by atoms with van der Waals surface area (Å²) in [5.74, 6) is 0.0869. The van der Waals surface area contributed by atoms with Crippen molar-refractivity contribution >= 4 is 29.3 Å². The van der Waals surface area contributed by atoms with Crippen LogP contribution >= 0.6 is 23.4 Å². The molecule has 1 amide bonds. The monoisotopic (exact) mass is 416 g/mol. The third-order valence-electron chi connectivity index (χ3n) is 5.07. The average molecular weight is 417 g/mol. The van der Waals surface area contributed by atoms with Crippen molar-refractivity contribution in [1.29, 1.82) is 0 Å². The quantitative estimate of drug-likeness (QED) is 0.575. The smallest absolute Gasteiger partial charge is 0.233 e.